The van der Waals surface area contributed by atoms with E-state index < -0.39 is 0 Å². The summed E-state index contributed by atoms with van der Waals surface area (Å²) in [7, 11) is 0. The second-order valence-corrected chi connectivity index (χ2v) is 6.09. The molecule has 2 aromatic rings. The van der Waals surface area contributed by atoms with Crippen molar-refractivity contribution in [2.24, 2.45) is 4.99 Å². The minimum Gasteiger partial charge on any atom is -0.247 e. The van der Waals surface area contributed by atoms with Gasteiger partial charge >= 0.3 is 0 Å². The normalized spacial score (nSPS) is 15.3. The van der Waals surface area contributed by atoms with Crippen LogP contribution in [0, 0.1) is 0 Å². The number of rotatable bonds is 1. The zero-order valence-electron chi connectivity index (χ0n) is 11.9. The number of para-hydroxylation sites is 1. The van der Waals surface area contributed by atoms with Gasteiger partial charge in [-0.2, -0.15) is 0 Å². The number of fused-ring (bicyclic) bond motifs is 2. The number of allylic oxidation sites excluding steroid dienone is 5. The molecule has 1 aliphatic carbocycles. The van der Waals surface area contributed by atoms with E-state index in [0.717, 1.165) is 17.0 Å². The maximum absolute atomic E-state index is 4.96. The van der Waals surface area contributed by atoms with Crippen LogP contribution in [-0.4, -0.2) is 5.71 Å². The van der Waals surface area contributed by atoms with Gasteiger partial charge in [-0.1, -0.05) is 54.2 Å². The lowest BCUT2D eigenvalue weighted by molar-refractivity contribution is 1.38. The molecule has 0 atom stereocenters. The van der Waals surface area contributed by atoms with E-state index in [2.05, 4.69) is 60.3 Å². The third kappa shape index (κ3) is 2.39. The molecule has 0 bridgehead atoms. The van der Waals surface area contributed by atoms with E-state index in [1.54, 1.807) is 11.8 Å². The van der Waals surface area contributed by atoms with E-state index in [1.807, 2.05) is 24.3 Å². The minimum absolute atomic E-state index is 1.01. The minimum atomic E-state index is 1.01. The van der Waals surface area contributed by atoms with Crippen LogP contribution in [0.4, 0.5) is 5.69 Å². The van der Waals surface area contributed by atoms with E-state index >= 15 is 0 Å². The molecule has 0 fully saturated rings. The fraction of sp³-hybridized carbons (Fsp3) is 0. The van der Waals surface area contributed by atoms with Gasteiger partial charge in [-0.3, -0.25) is 0 Å². The van der Waals surface area contributed by atoms with Crippen LogP contribution in [0.25, 0.3) is 0 Å². The van der Waals surface area contributed by atoms with Gasteiger partial charge in [0.15, 0.2) is 0 Å². The molecule has 0 saturated carbocycles. The predicted octanol–water partition coefficient (Wildman–Crippen LogP) is 5.48. The second-order valence-electron chi connectivity index (χ2n) is 5.01. The number of benzene rings is 2. The summed E-state index contributed by atoms with van der Waals surface area (Å²) < 4.78 is 0. The first-order chi connectivity index (χ1) is 10.9. The molecule has 0 N–H and O–H groups in total. The molecular weight excluding hydrogens is 286 g/mol. The average molecular weight is 299 g/mol. The van der Waals surface area contributed by atoms with Crippen LogP contribution >= 0.6 is 11.8 Å². The third-order valence-corrected chi connectivity index (χ3v) is 4.70. The van der Waals surface area contributed by atoms with Crippen LogP contribution < -0.4 is 0 Å². The summed E-state index contributed by atoms with van der Waals surface area (Å²) in [4.78, 5) is 7.39. The summed E-state index contributed by atoms with van der Waals surface area (Å²) in [5.41, 5.74) is 7.41. The number of hydrogen-bond acceptors (Lipinski definition) is 2. The Morgan fingerprint density at radius 1 is 0.864 bits per heavy atom. The van der Waals surface area contributed by atoms with Crippen molar-refractivity contribution in [3.63, 3.8) is 0 Å². The van der Waals surface area contributed by atoms with Crippen molar-refractivity contribution in [3.05, 3.63) is 95.8 Å². The molecule has 0 saturated heterocycles. The van der Waals surface area contributed by atoms with E-state index in [9.17, 15) is 0 Å². The second kappa shape index (κ2) is 5.69. The van der Waals surface area contributed by atoms with Gasteiger partial charge in [0.25, 0.3) is 0 Å². The van der Waals surface area contributed by atoms with Crippen molar-refractivity contribution in [1.29, 1.82) is 0 Å². The van der Waals surface area contributed by atoms with Gasteiger partial charge in [-0.25, -0.2) is 4.99 Å². The molecule has 2 aromatic carbocycles. The van der Waals surface area contributed by atoms with E-state index in [4.69, 9.17) is 4.99 Å². The maximum atomic E-state index is 4.96. The molecule has 0 radical (unpaired) electrons. The van der Waals surface area contributed by atoms with Gasteiger partial charge in [0.1, 0.15) is 0 Å². The first-order valence-electron chi connectivity index (χ1n) is 7.16. The van der Waals surface area contributed by atoms with Gasteiger partial charge in [0, 0.05) is 20.9 Å². The molecule has 1 nitrogen and oxygen atoms in total. The van der Waals surface area contributed by atoms with Gasteiger partial charge < -0.3 is 0 Å². The Labute approximate surface area is 134 Å². The Morgan fingerprint density at radius 3 is 2.64 bits per heavy atom. The fourth-order valence-electron chi connectivity index (χ4n) is 2.52. The molecule has 0 spiro atoms. The summed E-state index contributed by atoms with van der Waals surface area (Å²) in [5.74, 6) is 0. The van der Waals surface area contributed by atoms with Crippen molar-refractivity contribution < 1.29 is 0 Å². The zero-order valence-corrected chi connectivity index (χ0v) is 12.7. The fourth-order valence-corrected chi connectivity index (χ4v) is 3.54. The molecule has 4 rings (SSSR count). The monoisotopic (exact) mass is 299 g/mol. The Balaban J connectivity index is 1.97. The van der Waals surface area contributed by atoms with Crippen molar-refractivity contribution in [2.75, 3.05) is 0 Å². The Hall–Kier alpha value is -2.54. The Bertz CT molecular complexity index is 893. The lowest BCUT2D eigenvalue weighted by atomic mass is 10.0. The molecule has 0 amide bonds. The van der Waals surface area contributed by atoms with E-state index in [1.165, 1.54) is 15.4 Å². The molecule has 0 aromatic heterocycles. The average Bonchev–Trinajstić information content (AvgIpc) is 2.91. The summed E-state index contributed by atoms with van der Waals surface area (Å²) in [5, 5.41) is 0. The van der Waals surface area contributed by atoms with Crippen LogP contribution in [0.1, 0.15) is 5.56 Å². The van der Waals surface area contributed by atoms with Crippen molar-refractivity contribution >= 4 is 23.2 Å². The first-order valence-corrected chi connectivity index (χ1v) is 7.98. The maximum Gasteiger partial charge on any atom is 0.0793 e. The summed E-state index contributed by atoms with van der Waals surface area (Å²) in [6.45, 7) is 0. The molecule has 1 aliphatic heterocycles. The van der Waals surface area contributed by atoms with Gasteiger partial charge in [0.2, 0.25) is 0 Å². The number of nitrogens with zero attached hydrogens (tertiary/aromatic N) is 1. The highest BCUT2D eigenvalue weighted by atomic mass is 32.2. The summed E-state index contributed by atoms with van der Waals surface area (Å²) >= 11 is 1.78. The SMILES string of the molecule is C1=CC=CC(C2=Nc3ccccc3Sc3ccccc32)=CC=1. The van der Waals surface area contributed by atoms with Gasteiger partial charge in [-0.15, -0.1) is 5.73 Å². The Morgan fingerprint density at radius 2 is 1.68 bits per heavy atom. The largest absolute Gasteiger partial charge is 0.247 e. The van der Waals surface area contributed by atoms with Crippen LogP contribution in [0.15, 0.2) is 105 Å². The van der Waals surface area contributed by atoms with Crippen molar-refractivity contribution in [3.8, 4) is 0 Å². The van der Waals surface area contributed by atoms with E-state index in [-0.39, 0.29) is 0 Å². The standard InChI is InChI=1S/C20H13NS/c1-2-4-10-15(9-3-1)20-16-11-5-7-13-18(16)22-19-14-8-6-12-17(19)21-20/h1,3-14H. The molecule has 2 heteroatoms. The number of hydrogen-bond donors (Lipinski definition) is 0. The Kier molecular flexibility index (Phi) is 3.40. The molecule has 1 heterocycles. The molecular formula is C20H13NS. The van der Waals surface area contributed by atoms with Crippen LogP contribution in [0.5, 0.6) is 0 Å². The van der Waals surface area contributed by atoms with E-state index in [0.29, 0.717) is 0 Å². The van der Waals surface area contributed by atoms with Crippen molar-refractivity contribution in [1.82, 2.24) is 0 Å². The lowest BCUT2D eigenvalue weighted by Crippen LogP contribution is -2.04. The molecule has 104 valence electrons. The number of aliphatic imine (C=N–C) groups is 1. The highest BCUT2D eigenvalue weighted by Crippen LogP contribution is 2.41. The van der Waals surface area contributed by atoms with Crippen LogP contribution in [0.2, 0.25) is 0 Å². The highest BCUT2D eigenvalue weighted by Gasteiger charge is 2.18. The zero-order chi connectivity index (χ0) is 14.8. The van der Waals surface area contributed by atoms with Gasteiger partial charge in [0.05, 0.1) is 11.4 Å². The smallest absolute Gasteiger partial charge is 0.0793 e. The lowest BCUT2D eigenvalue weighted by Gasteiger charge is -2.09. The van der Waals surface area contributed by atoms with Crippen LogP contribution in [0.3, 0.4) is 0 Å². The highest BCUT2D eigenvalue weighted by molar-refractivity contribution is 7.99. The van der Waals surface area contributed by atoms with Crippen LogP contribution in [-0.2, 0) is 0 Å². The van der Waals surface area contributed by atoms with Crippen molar-refractivity contribution in [2.45, 2.75) is 9.79 Å². The molecule has 22 heavy (non-hydrogen) atoms. The molecule has 0 unspecified atom stereocenters. The van der Waals surface area contributed by atoms with Gasteiger partial charge in [-0.05, 0) is 36.4 Å². The first kappa shape index (κ1) is 13.1. The third-order valence-electron chi connectivity index (χ3n) is 3.56. The predicted molar refractivity (Wildman–Crippen MR) is 93.1 cm³/mol. The summed E-state index contributed by atoms with van der Waals surface area (Å²) in [6, 6.07) is 16.7. The molecule has 2 aliphatic rings. The summed E-state index contributed by atoms with van der Waals surface area (Å²) in [6.07, 6.45) is 10.0. The quantitative estimate of drug-likeness (QED) is 0.635. The topological polar surface area (TPSA) is 12.4 Å².